The number of anilines is 1. The number of hydrogen-bond donors (Lipinski definition) is 1. The molecule has 384 valence electrons. The van der Waals surface area contributed by atoms with Crippen LogP contribution in [0.5, 0.6) is 28.7 Å². The third kappa shape index (κ3) is 20.2. The zero-order valence-electron chi connectivity index (χ0n) is 41.2. The van der Waals surface area contributed by atoms with Gasteiger partial charge in [-0.2, -0.15) is 5.10 Å². The summed E-state index contributed by atoms with van der Waals surface area (Å²) in [6, 6.07) is 29.9. The molecule has 0 aromatic heterocycles. The van der Waals surface area contributed by atoms with Gasteiger partial charge in [-0.15, -0.1) is 0 Å². The SMILES string of the molecule is C=CC(=O)OCCCCCCOc1ccc(C(=O)Oc2cc(/C=N/Nc3cccc4ccccc34)c(OC(=O)c3ccc(OCCCCCCOC(=O)C=C)cc3)c(OCCCCCCOC(=O)C=C)c2)cc1. The molecule has 0 saturated carbocycles. The molecular weight excluding hydrogens is 933 g/mol. The van der Waals surface area contributed by atoms with Crippen LogP contribution in [0.4, 0.5) is 5.69 Å². The van der Waals surface area contributed by atoms with Crippen LogP contribution in [0.3, 0.4) is 0 Å². The second-order valence-corrected chi connectivity index (χ2v) is 16.5. The van der Waals surface area contributed by atoms with Crippen LogP contribution < -0.4 is 29.1 Å². The lowest BCUT2D eigenvalue weighted by Gasteiger charge is -2.16. The highest BCUT2D eigenvalue weighted by Gasteiger charge is 2.21. The number of benzene rings is 5. The quantitative estimate of drug-likeness (QED) is 0.00781. The predicted molar refractivity (Wildman–Crippen MR) is 280 cm³/mol. The first-order valence-electron chi connectivity index (χ1n) is 24.5. The summed E-state index contributed by atoms with van der Waals surface area (Å²) in [5, 5.41) is 6.49. The van der Waals surface area contributed by atoms with Crippen molar-refractivity contribution >= 4 is 52.5 Å². The number of ether oxygens (including phenoxy) is 8. The molecule has 0 aliphatic heterocycles. The second kappa shape index (κ2) is 31.9. The summed E-state index contributed by atoms with van der Waals surface area (Å²) >= 11 is 0. The molecule has 0 fully saturated rings. The van der Waals surface area contributed by atoms with Crippen LogP contribution in [0.2, 0.25) is 0 Å². The van der Waals surface area contributed by atoms with Gasteiger partial charge in [-0.25, -0.2) is 24.0 Å². The molecule has 0 unspecified atom stereocenters. The largest absolute Gasteiger partial charge is 0.494 e. The number of esters is 5. The molecule has 15 nitrogen and oxygen atoms in total. The van der Waals surface area contributed by atoms with E-state index in [2.05, 4.69) is 30.3 Å². The van der Waals surface area contributed by atoms with Crippen molar-refractivity contribution in [3.63, 3.8) is 0 Å². The zero-order chi connectivity index (χ0) is 51.9. The highest BCUT2D eigenvalue weighted by Crippen LogP contribution is 2.37. The Morgan fingerprint density at radius 2 is 0.918 bits per heavy atom. The highest BCUT2D eigenvalue weighted by atomic mass is 16.6. The Bertz CT molecular complexity index is 2620. The van der Waals surface area contributed by atoms with Crippen LogP contribution in [0.15, 0.2) is 146 Å². The van der Waals surface area contributed by atoms with Gasteiger partial charge in [0, 0.05) is 35.2 Å². The molecule has 0 radical (unpaired) electrons. The number of carbonyl (C=O) groups is 5. The van der Waals surface area contributed by atoms with Gasteiger partial charge in [0.15, 0.2) is 11.5 Å². The fraction of sp³-hybridized carbons (Fsp3) is 0.310. The van der Waals surface area contributed by atoms with E-state index in [1.807, 2.05) is 42.5 Å². The van der Waals surface area contributed by atoms with E-state index in [1.54, 1.807) is 48.5 Å². The van der Waals surface area contributed by atoms with E-state index in [0.29, 0.717) is 50.8 Å². The Morgan fingerprint density at radius 3 is 1.42 bits per heavy atom. The van der Waals surface area contributed by atoms with E-state index in [1.165, 1.54) is 18.3 Å². The van der Waals surface area contributed by atoms with E-state index < -0.39 is 29.8 Å². The molecule has 5 rings (SSSR count). The Labute approximate surface area is 426 Å². The maximum atomic E-state index is 13.9. The molecule has 0 atom stereocenters. The van der Waals surface area contributed by atoms with E-state index in [4.69, 9.17) is 37.9 Å². The average Bonchev–Trinajstić information content (AvgIpc) is 3.41. The van der Waals surface area contributed by atoms with Gasteiger partial charge in [0.25, 0.3) is 0 Å². The van der Waals surface area contributed by atoms with Crippen molar-refractivity contribution < 1.29 is 61.9 Å². The van der Waals surface area contributed by atoms with Gasteiger partial charge in [0.05, 0.1) is 62.7 Å². The first-order chi connectivity index (χ1) is 35.7. The number of rotatable bonds is 34. The lowest BCUT2D eigenvalue weighted by atomic mass is 10.1. The third-order valence-corrected chi connectivity index (χ3v) is 11.0. The standard InChI is InChI=1S/C58H64N2O13/c1-4-53(61)69-37-18-10-7-15-34-66-47-30-26-44(27-31-47)57(64)72-49-40-46(42-59-60-51-25-21-23-43-22-13-14-24-50(43)51)56(52(41-49)68-36-17-9-12-20-39-71-55(63)6-3)73-58(65)45-28-32-48(33-29-45)67-35-16-8-11-19-38-70-54(62)5-2/h4-6,13-14,21-33,40-42,60H,1-3,7-12,15-20,34-39H2/b59-42+. The summed E-state index contributed by atoms with van der Waals surface area (Å²) in [5.41, 5.74) is 4.62. The third-order valence-electron chi connectivity index (χ3n) is 11.0. The normalized spacial score (nSPS) is 10.7. The first kappa shape index (κ1) is 55.7. The molecule has 0 aliphatic carbocycles. The number of nitrogens with zero attached hydrogens (tertiary/aromatic N) is 1. The molecule has 5 aromatic carbocycles. The molecule has 0 aliphatic rings. The van der Waals surface area contributed by atoms with Gasteiger partial charge in [-0.05, 0) is 143 Å². The Balaban J connectivity index is 1.31. The fourth-order valence-electron chi connectivity index (χ4n) is 7.09. The van der Waals surface area contributed by atoms with Crippen LogP contribution in [-0.4, -0.2) is 75.7 Å². The molecule has 0 heterocycles. The monoisotopic (exact) mass is 996 g/mol. The van der Waals surface area contributed by atoms with E-state index >= 15 is 0 Å². The molecule has 0 spiro atoms. The topological polar surface area (TPSA) is 184 Å². The molecule has 0 bridgehead atoms. The number of nitrogens with one attached hydrogen (secondary N) is 1. The summed E-state index contributed by atoms with van der Waals surface area (Å²) in [4.78, 5) is 61.5. The minimum absolute atomic E-state index is 0.0434. The molecular formula is C58H64N2O13. The fourth-order valence-corrected chi connectivity index (χ4v) is 7.09. The van der Waals surface area contributed by atoms with Gasteiger partial charge >= 0.3 is 29.8 Å². The maximum absolute atomic E-state index is 13.9. The highest BCUT2D eigenvalue weighted by molar-refractivity contribution is 5.97. The van der Waals surface area contributed by atoms with Crippen molar-refractivity contribution in [1.29, 1.82) is 0 Å². The van der Waals surface area contributed by atoms with Crippen molar-refractivity contribution in [2.75, 3.05) is 45.1 Å². The Morgan fingerprint density at radius 1 is 0.466 bits per heavy atom. The molecule has 1 N–H and O–H groups in total. The van der Waals surface area contributed by atoms with E-state index in [9.17, 15) is 24.0 Å². The number of unbranched alkanes of at least 4 members (excludes halogenated alkanes) is 9. The molecule has 15 heteroatoms. The van der Waals surface area contributed by atoms with E-state index in [-0.39, 0.29) is 47.2 Å². The van der Waals surface area contributed by atoms with Crippen molar-refractivity contribution in [3.8, 4) is 28.7 Å². The summed E-state index contributed by atoms with van der Waals surface area (Å²) in [5.74, 6) is -1.22. The number of hydrogen-bond acceptors (Lipinski definition) is 15. The van der Waals surface area contributed by atoms with Gasteiger partial charge in [-0.1, -0.05) is 56.1 Å². The maximum Gasteiger partial charge on any atom is 0.343 e. The van der Waals surface area contributed by atoms with Crippen LogP contribution in [-0.2, 0) is 28.6 Å². The Hall–Kier alpha value is -8.20. The van der Waals surface area contributed by atoms with Crippen LogP contribution in [0.25, 0.3) is 10.8 Å². The number of carbonyl (C=O) groups excluding carboxylic acids is 5. The minimum atomic E-state index is -0.683. The van der Waals surface area contributed by atoms with Gasteiger partial charge in [0.1, 0.15) is 17.2 Å². The van der Waals surface area contributed by atoms with Crippen molar-refractivity contribution in [2.24, 2.45) is 5.10 Å². The summed E-state index contributed by atoms with van der Waals surface area (Å²) in [7, 11) is 0. The van der Waals surface area contributed by atoms with Gasteiger partial charge in [0.2, 0.25) is 0 Å². The minimum Gasteiger partial charge on any atom is -0.494 e. The average molecular weight is 997 g/mol. The van der Waals surface area contributed by atoms with Crippen molar-refractivity contribution in [2.45, 2.75) is 77.0 Å². The summed E-state index contributed by atoms with van der Waals surface area (Å²) in [6.45, 7) is 12.3. The van der Waals surface area contributed by atoms with Crippen LogP contribution in [0, 0.1) is 0 Å². The molecule has 5 aromatic rings. The second-order valence-electron chi connectivity index (χ2n) is 16.5. The number of hydrazone groups is 1. The smallest absolute Gasteiger partial charge is 0.343 e. The molecule has 0 amide bonds. The van der Waals surface area contributed by atoms with Gasteiger partial charge < -0.3 is 37.9 Å². The van der Waals surface area contributed by atoms with Crippen LogP contribution in [0.1, 0.15) is 103 Å². The summed E-state index contributed by atoms with van der Waals surface area (Å²) < 4.78 is 45.3. The number of fused-ring (bicyclic) bond motifs is 1. The predicted octanol–water partition coefficient (Wildman–Crippen LogP) is 11.7. The lowest BCUT2D eigenvalue weighted by molar-refractivity contribution is -0.138. The molecule has 73 heavy (non-hydrogen) atoms. The molecule has 0 saturated heterocycles. The van der Waals surface area contributed by atoms with Gasteiger partial charge in [-0.3, -0.25) is 5.43 Å². The Kier molecular flexibility index (Phi) is 24.4. The lowest BCUT2D eigenvalue weighted by Crippen LogP contribution is -2.13. The van der Waals surface area contributed by atoms with Crippen LogP contribution >= 0.6 is 0 Å². The first-order valence-corrected chi connectivity index (χ1v) is 24.5. The summed E-state index contributed by atoms with van der Waals surface area (Å²) in [6.07, 6.45) is 14.3. The van der Waals surface area contributed by atoms with Crippen molar-refractivity contribution in [1.82, 2.24) is 0 Å². The van der Waals surface area contributed by atoms with Crippen molar-refractivity contribution in [3.05, 3.63) is 158 Å². The van der Waals surface area contributed by atoms with E-state index in [0.717, 1.165) is 98.9 Å². The zero-order valence-corrected chi connectivity index (χ0v) is 41.2.